The largest absolute Gasteiger partial charge is 0.494 e. The summed E-state index contributed by atoms with van der Waals surface area (Å²) in [5.74, 6) is 1.46. The van der Waals surface area contributed by atoms with Gasteiger partial charge in [-0.05, 0) is 49.7 Å². The van der Waals surface area contributed by atoms with Crippen molar-refractivity contribution in [3.8, 4) is 17.2 Å². The minimum Gasteiger partial charge on any atom is -0.494 e. The number of carbonyl (C=O) groups is 1. The molecule has 3 rings (SSSR count). The van der Waals surface area contributed by atoms with Gasteiger partial charge in [-0.1, -0.05) is 30.6 Å². The summed E-state index contributed by atoms with van der Waals surface area (Å²) in [6, 6.07) is 14.4. The lowest BCUT2D eigenvalue weighted by atomic mass is 10.1. The summed E-state index contributed by atoms with van der Waals surface area (Å²) < 4.78 is 10.8. The van der Waals surface area contributed by atoms with Crippen LogP contribution in [-0.2, 0) is 0 Å². The van der Waals surface area contributed by atoms with E-state index in [1.807, 2.05) is 18.2 Å². The second-order valence-electron chi connectivity index (χ2n) is 5.87. The van der Waals surface area contributed by atoms with E-state index in [1.165, 1.54) is 0 Å². The van der Waals surface area contributed by atoms with Crippen LogP contribution in [0, 0.1) is 6.92 Å². The number of nitrogens with one attached hydrogen (secondary N) is 1. The summed E-state index contributed by atoms with van der Waals surface area (Å²) in [7, 11) is 0. The van der Waals surface area contributed by atoms with Crippen LogP contribution in [0.4, 0.5) is 5.69 Å². The number of carbonyl (C=O) groups excluding carboxylic acids is 1. The van der Waals surface area contributed by atoms with E-state index >= 15 is 0 Å². The van der Waals surface area contributed by atoms with E-state index in [-0.39, 0.29) is 5.91 Å². The molecule has 0 aliphatic rings. The smallest absolute Gasteiger partial charge is 0.260 e. The van der Waals surface area contributed by atoms with Gasteiger partial charge < -0.3 is 14.6 Å². The zero-order chi connectivity index (χ0) is 18.4. The van der Waals surface area contributed by atoms with Gasteiger partial charge in [0.05, 0.1) is 17.9 Å². The molecular weight excluding hydrogens is 330 g/mol. The lowest BCUT2D eigenvalue weighted by Gasteiger charge is -2.09. The predicted octanol–water partition coefficient (Wildman–Crippen LogP) is 4.48. The minimum absolute atomic E-state index is 0.214. The molecule has 6 nitrogen and oxygen atoms in total. The van der Waals surface area contributed by atoms with E-state index in [0.29, 0.717) is 35.1 Å². The van der Waals surface area contributed by atoms with Crippen LogP contribution < -0.4 is 10.1 Å². The molecule has 26 heavy (non-hydrogen) atoms. The molecule has 0 unspecified atom stereocenters. The highest BCUT2D eigenvalue weighted by Crippen LogP contribution is 2.27. The van der Waals surface area contributed by atoms with Crippen LogP contribution in [0.2, 0.25) is 0 Å². The number of hydrogen-bond donors (Lipinski definition) is 1. The molecule has 0 fully saturated rings. The second kappa shape index (κ2) is 8.29. The standard InChI is InChI=1S/C20H21N3O3/c1-3-4-13-25-16-11-9-15(10-12-16)19(24)22-18-8-6-5-7-17(18)20-21-14(2)23-26-20/h5-12H,3-4,13H2,1-2H3,(H,22,24). The van der Waals surface area contributed by atoms with Gasteiger partial charge in [-0.25, -0.2) is 0 Å². The van der Waals surface area contributed by atoms with Crippen molar-refractivity contribution in [2.75, 3.05) is 11.9 Å². The molecular formula is C20H21N3O3. The summed E-state index contributed by atoms with van der Waals surface area (Å²) in [4.78, 5) is 16.8. The first kappa shape index (κ1) is 17.7. The van der Waals surface area contributed by atoms with Crippen molar-refractivity contribution in [1.29, 1.82) is 0 Å². The van der Waals surface area contributed by atoms with Gasteiger partial charge >= 0.3 is 0 Å². The van der Waals surface area contributed by atoms with Gasteiger partial charge in [-0.15, -0.1) is 0 Å². The summed E-state index contributed by atoms with van der Waals surface area (Å²) in [5, 5.41) is 6.70. The summed E-state index contributed by atoms with van der Waals surface area (Å²) in [5.41, 5.74) is 1.84. The Hall–Kier alpha value is -3.15. The third-order valence-corrected chi connectivity index (χ3v) is 3.82. The Balaban J connectivity index is 1.72. The third-order valence-electron chi connectivity index (χ3n) is 3.82. The Kier molecular flexibility index (Phi) is 5.63. The fraction of sp³-hybridized carbons (Fsp3) is 0.250. The Labute approximate surface area is 152 Å². The lowest BCUT2D eigenvalue weighted by molar-refractivity contribution is 0.102. The predicted molar refractivity (Wildman–Crippen MR) is 99.3 cm³/mol. The fourth-order valence-electron chi connectivity index (χ4n) is 2.42. The number of para-hydroxylation sites is 1. The number of benzene rings is 2. The van der Waals surface area contributed by atoms with Crippen molar-refractivity contribution in [3.63, 3.8) is 0 Å². The van der Waals surface area contributed by atoms with Crippen LogP contribution in [0.15, 0.2) is 53.1 Å². The summed E-state index contributed by atoms with van der Waals surface area (Å²) in [6.07, 6.45) is 2.09. The third kappa shape index (κ3) is 4.27. The van der Waals surface area contributed by atoms with Gasteiger partial charge in [0.2, 0.25) is 0 Å². The zero-order valence-corrected chi connectivity index (χ0v) is 14.9. The quantitative estimate of drug-likeness (QED) is 0.635. The zero-order valence-electron chi connectivity index (χ0n) is 14.9. The van der Waals surface area contributed by atoms with Gasteiger partial charge in [0.1, 0.15) is 5.75 Å². The topological polar surface area (TPSA) is 77.2 Å². The Bertz CT molecular complexity index is 872. The van der Waals surface area contributed by atoms with Crippen molar-refractivity contribution in [3.05, 3.63) is 59.9 Å². The second-order valence-corrected chi connectivity index (χ2v) is 5.87. The molecule has 1 heterocycles. The van der Waals surface area contributed by atoms with Gasteiger partial charge in [0.25, 0.3) is 11.8 Å². The van der Waals surface area contributed by atoms with E-state index in [0.717, 1.165) is 18.6 Å². The molecule has 1 N–H and O–H groups in total. The van der Waals surface area contributed by atoms with Crippen molar-refractivity contribution in [1.82, 2.24) is 10.1 Å². The lowest BCUT2D eigenvalue weighted by Crippen LogP contribution is -2.12. The molecule has 0 bridgehead atoms. The highest BCUT2D eigenvalue weighted by Gasteiger charge is 2.14. The molecule has 134 valence electrons. The normalized spacial score (nSPS) is 10.5. The molecule has 0 aliphatic carbocycles. The van der Waals surface area contributed by atoms with Crippen LogP contribution in [0.3, 0.4) is 0 Å². The first-order chi connectivity index (χ1) is 12.7. The van der Waals surface area contributed by atoms with E-state index < -0.39 is 0 Å². The molecule has 3 aromatic rings. The molecule has 0 aliphatic heterocycles. The number of ether oxygens (including phenoxy) is 1. The SMILES string of the molecule is CCCCOc1ccc(C(=O)Nc2ccccc2-c2nc(C)no2)cc1. The number of aryl methyl sites for hydroxylation is 1. The highest BCUT2D eigenvalue weighted by molar-refractivity contribution is 6.06. The van der Waals surface area contributed by atoms with Crippen LogP contribution in [0.1, 0.15) is 35.9 Å². The number of unbranched alkanes of at least 4 members (excludes halogenated alkanes) is 1. The molecule has 0 saturated carbocycles. The maximum absolute atomic E-state index is 12.6. The minimum atomic E-state index is -0.214. The van der Waals surface area contributed by atoms with Crippen molar-refractivity contribution in [2.24, 2.45) is 0 Å². The molecule has 1 amide bonds. The van der Waals surface area contributed by atoms with Crippen molar-refractivity contribution in [2.45, 2.75) is 26.7 Å². The molecule has 0 atom stereocenters. The number of nitrogens with zero attached hydrogens (tertiary/aromatic N) is 2. The molecule has 1 aromatic heterocycles. The molecule has 0 spiro atoms. The van der Waals surface area contributed by atoms with Gasteiger partial charge in [-0.2, -0.15) is 4.98 Å². The van der Waals surface area contributed by atoms with Crippen LogP contribution >= 0.6 is 0 Å². The number of aromatic nitrogens is 2. The number of rotatable bonds is 7. The maximum Gasteiger partial charge on any atom is 0.260 e. The average Bonchev–Trinajstić information content (AvgIpc) is 3.09. The molecule has 0 saturated heterocycles. The van der Waals surface area contributed by atoms with E-state index in [2.05, 4.69) is 22.4 Å². The average molecular weight is 351 g/mol. The highest BCUT2D eigenvalue weighted by atomic mass is 16.5. The van der Waals surface area contributed by atoms with Gasteiger partial charge in [0, 0.05) is 5.56 Å². The van der Waals surface area contributed by atoms with Crippen molar-refractivity contribution >= 4 is 11.6 Å². The molecule has 0 radical (unpaired) electrons. The molecule has 2 aromatic carbocycles. The summed E-state index contributed by atoms with van der Waals surface area (Å²) >= 11 is 0. The fourth-order valence-corrected chi connectivity index (χ4v) is 2.42. The van der Waals surface area contributed by atoms with E-state index in [9.17, 15) is 4.79 Å². The van der Waals surface area contributed by atoms with Crippen LogP contribution in [0.5, 0.6) is 5.75 Å². The Morgan fingerprint density at radius 2 is 1.92 bits per heavy atom. The first-order valence-electron chi connectivity index (χ1n) is 8.61. The maximum atomic E-state index is 12.6. The number of amides is 1. The Morgan fingerprint density at radius 3 is 2.62 bits per heavy atom. The Morgan fingerprint density at radius 1 is 1.15 bits per heavy atom. The van der Waals surface area contributed by atoms with Crippen LogP contribution in [-0.4, -0.2) is 22.7 Å². The van der Waals surface area contributed by atoms with E-state index in [1.54, 1.807) is 37.3 Å². The molecule has 6 heteroatoms. The van der Waals surface area contributed by atoms with Crippen LogP contribution in [0.25, 0.3) is 11.5 Å². The van der Waals surface area contributed by atoms with Crippen molar-refractivity contribution < 1.29 is 14.1 Å². The van der Waals surface area contributed by atoms with E-state index in [4.69, 9.17) is 9.26 Å². The number of anilines is 1. The van der Waals surface area contributed by atoms with Gasteiger partial charge in [0.15, 0.2) is 5.82 Å². The van der Waals surface area contributed by atoms with Gasteiger partial charge in [-0.3, -0.25) is 4.79 Å². The first-order valence-corrected chi connectivity index (χ1v) is 8.61. The monoisotopic (exact) mass is 351 g/mol. The number of hydrogen-bond acceptors (Lipinski definition) is 5. The summed E-state index contributed by atoms with van der Waals surface area (Å²) in [6.45, 7) is 4.54.